The number of hydroxylamine groups is 1. The molecule has 0 bridgehead atoms. The Bertz CT molecular complexity index is 716. The van der Waals surface area contributed by atoms with Gasteiger partial charge in [0.05, 0.1) is 0 Å². The highest BCUT2D eigenvalue weighted by Gasteiger charge is 2.15. The summed E-state index contributed by atoms with van der Waals surface area (Å²) in [5, 5.41) is 11.5. The Hall–Kier alpha value is -2.66. The van der Waals surface area contributed by atoms with Gasteiger partial charge in [-0.3, -0.25) is 14.8 Å². The Morgan fingerprint density at radius 3 is 2.09 bits per heavy atom. The number of rotatable bonds is 3. The molecule has 120 valence electrons. The van der Waals surface area contributed by atoms with Gasteiger partial charge in [-0.15, -0.1) is 0 Å². The molecule has 2 aromatic carbocycles. The van der Waals surface area contributed by atoms with Crippen molar-refractivity contribution in [1.82, 2.24) is 10.8 Å². The van der Waals surface area contributed by atoms with E-state index < -0.39 is 5.91 Å². The van der Waals surface area contributed by atoms with Crippen molar-refractivity contribution >= 4 is 11.8 Å². The van der Waals surface area contributed by atoms with Crippen LogP contribution in [0.25, 0.3) is 11.1 Å². The molecule has 23 heavy (non-hydrogen) atoms. The summed E-state index contributed by atoms with van der Waals surface area (Å²) >= 11 is 0. The van der Waals surface area contributed by atoms with E-state index in [9.17, 15) is 9.59 Å². The van der Waals surface area contributed by atoms with Gasteiger partial charge >= 0.3 is 0 Å². The van der Waals surface area contributed by atoms with Crippen LogP contribution in [0.4, 0.5) is 0 Å². The van der Waals surface area contributed by atoms with Crippen molar-refractivity contribution < 1.29 is 14.8 Å². The first-order chi connectivity index (χ1) is 10.8. The second kappa shape index (κ2) is 6.62. The van der Waals surface area contributed by atoms with E-state index in [1.54, 1.807) is 35.8 Å². The van der Waals surface area contributed by atoms with Crippen LogP contribution in [0.5, 0.6) is 0 Å². The topological polar surface area (TPSA) is 78.4 Å². The number of benzene rings is 2. The van der Waals surface area contributed by atoms with E-state index >= 15 is 0 Å². The van der Waals surface area contributed by atoms with E-state index in [1.807, 2.05) is 39.0 Å². The fourth-order valence-corrected chi connectivity index (χ4v) is 2.13. The predicted octanol–water partition coefficient (Wildman–Crippen LogP) is 3.00. The van der Waals surface area contributed by atoms with E-state index in [2.05, 4.69) is 5.32 Å². The minimum absolute atomic E-state index is 0.129. The van der Waals surface area contributed by atoms with Crippen LogP contribution in [0.1, 0.15) is 41.5 Å². The van der Waals surface area contributed by atoms with Gasteiger partial charge in [0, 0.05) is 16.7 Å². The first-order valence-electron chi connectivity index (χ1n) is 7.27. The van der Waals surface area contributed by atoms with Crippen LogP contribution < -0.4 is 10.8 Å². The summed E-state index contributed by atoms with van der Waals surface area (Å²) in [6.45, 7) is 5.79. The van der Waals surface area contributed by atoms with E-state index in [0.29, 0.717) is 11.1 Å². The molecule has 5 heteroatoms. The van der Waals surface area contributed by atoms with E-state index in [-0.39, 0.29) is 11.4 Å². The molecular formula is C18H20N2O3. The molecule has 0 aliphatic rings. The highest BCUT2D eigenvalue weighted by atomic mass is 16.5. The minimum Gasteiger partial charge on any atom is -0.347 e. The van der Waals surface area contributed by atoms with Crippen LogP contribution in [-0.2, 0) is 0 Å². The lowest BCUT2D eigenvalue weighted by atomic mass is 10.0. The third-order valence-corrected chi connectivity index (χ3v) is 3.20. The van der Waals surface area contributed by atoms with Gasteiger partial charge in [-0.05, 0) is 56.2 Å². The number of nitrogens with one attached hydrogen (secondary N) is 2. The Morgan fingerprint density at radius 1 is 0.870 bits per heavy atom. The smallest absolute Gasteiger partial charge is 0.274 e. The fraction of sp³-hybridized carbons (Fsp3) is 0.222. The number of carbonyl (C=O) groups is 2. The number of hydrogen-bond donors (Lipinski definition) is 3. The molecule has 2 amide bonds. The first kappa shape index (κ1) is 16.7. The monoisotopic (exact) mass is 312 g/mol. The molecule has 0 saturated heterocycles. The standard InChI is InChI=1S/C18H20N2O3/c1-18(2,3)19-16(21)15-6-4-5-14(11-15)12-7-9-13(10-8-12)17(22)20-23/h4-11,23H,1-3H3,(H,19,21)(H,20,22). The molecule has 0 fully saturated rings. The molecule has 0 spiro atoms. The Morgan fingerprint density at radius 2 is 1.52 bits per heavy atom. The zero-order valence-electron chi connectivity index (χ0n) is 13.4. The summed E-state index contributed by atoms with van der Waals surface area (Å²) in [6, 6.07) is 14.1. The number of carbonyl (C=O) groups excluding carboxylic acids is 2. The molecule has 2 rings (SSSR count). The van der Waals surface area contributed by atoms with Crippen molar-refractivity contribution in [3.8, 4) is 11.1 Å². The molecule has 0 saturated carbocycles. The van der Waals surface area contributed by atoms with E-state index in [4.69, 9.17) is 5.21 Å². The van der Waals surface area contributed by atoms with Crippen molar-refractivity contribution in [2.75, 3.05) is 0 Å². The fourth-order valence-electron chi connectivity index (χ4n) is 2.13. The third-order valence-electron chi connectivity index (χ3n) is 3.20. The van der Waals surface area contributed by atoms with Gasteiger partial charge in [0.15, 0.2) is 0 Å². The molecule has 0 aromatic heterocycles. The highest BCUT2D eigenvalue weighted by Crippen LogP contribution is 2.21. The van der Waals surface area contributed by atoms with Crippen LogP contribution in [0, 0.1) is 0 Å². The van der Waals surface area contributed by atoms with Crippen LogP contribution in [0.2, 0.25) is 0 Å². The summed E-state index contributed by atoms with van der Waals surface area (Å²) in [6.07, 6.45) is 0. The highest BCUT2D eigenvalue weighted by molar-refractivity contribution is 5.96. The Balaban J connectivity index is 2.26. The van der Waals surface area contributed by atoms with Gasteiger partial charge in [-0.25, -0.2) is 5.48 Å². The average molecular weight is 312 g/mol. The normalized spacial score (nSPS) is 11.0. The van der Waals surface area contributed by atoms with Crippen molar-refractivity contribution in [2.45, 2.75) is 26.3 Å². The maximum absolute atomic E-state index is 12.2. The third kappa shape index (κ3) is 4.40. The molecule has 0 atom stereocenters. The molecular weight excluding hydrogens is 292 g/mol. The predicted molar refractivity (Wildman–Crippen MR) is 88.3 cm³/mol. The second-order valence-electron chi connectivity index (χ2n) is 6.30. The van der Waals surface area contributed by atoms with Crippen molar-refractivity contribution in [2.24, 2.45) is 0 Å². The molecule has 0 radical (unpaired) electrons. The van der Waals surface area contributed by atoms with Gasteiger partial charge in [-0.2, -0.15) is 0 Å². The SMILES string of the molecule is CC(C)(C)NC(=O)c1cccc(-c2ccc(C(=O)NO)cc2)c1. The van der Waals surface area contributed by atoms with Crippen molar-refractivity contribution in [3.63, 3.8) is 0 Å². The molecule has 0 heterocycles. The Labute approximate surface area is 135 Å². The zero-order chi connectivity index (χ0) is 17.0. The molecule has 2 aromatic rings. The lowest BCUT2D eigenvalue weighted by Gasteiger charge is -2.20. The molecule has 0 aliphatic heterocycles. The average Bonchev–Trinajstić information content (AvgIpc) is 2.53. The number of amides is 2. The zero-order valence-corrected chi connectivity index (χ0v) is 13.4. The largest absolute Gasteiger partial charge is 0.347 e. The lowest BCUT2D eigenvalue weighted by molar-refractivity contribution is 0.0706. The van der Waals surface area contributed by atoms with Gasteiger partial charge in [0.25, 0.3) is 11.8 Å². The summed E-state index contributed by atoms with van der Waals surface area (Å²) in [5.41, 5.74) is 3.99. The second-order valence-corrected chi connectivity index (χ2v) is 6.30. The Kier molecular flexibility index (Phi) is 4.81. The molecule has 3 N–H and O–H groups in total. The van der Waals surface area contributed by atoms with Gasteiger partial charge in [0.1, 0.15) is 0 Å². The number of hydrogen-bond acceptors (Lipinski definition) is 3. The van der Waals surface area contributed by atoms with Gasteiger partial charge in [0.2, 0.25) is 0 Å². The molecule has 0 aliphatic carbocycles. The van der Waals surface area contributed by atoms with Crippen LogP contribution in [-0.4, -0.2) is 22.6 Å². The summed E-state index contributed by atoms with van der Waals surface area (Å²) < 4.78 is 0. The molecule has 0 unspecified atom stereocenters. The van der Waals surface area contributed by atoms with Crippen molar-refractivity contribution in [1.29, 1.82) is 0 Å². The maximum atomic E-state index is 12.2. The van der Waals surface area contributed by atoms with E-state index in [0.717, 1.165) is 11.1 Å². The summed E-state index contributed by atoms with van der Waals surface area (Å²) in [4.78, 5) is 23.6. The lowest BCUT2D eigenvalue weighted by Crippen LogP contribution is -2.40. The van der Waals surface area contributed by atoms with Crippen LogP contribution in [0.3, 0.4) is 0 Å². The van der Waals surface area contributed by atoms with Gasteiger partial charge < -0.3 is 5.32 Å². The van der Waals surface area contributed by atoms with Gasteiger partial charge in [-0.1, -0.05) is 24.3 Å². The minimum atomic E-state index is -0.560. The quantitative estimate of drug-likeness (QED) is 0.602. The first-order valence-corrected chi connectivity index (χ1v) is 7.27. The van der Waals surface area contributed by atoms with Crippen LogP contribution >= 0.6 is 0 Å². The summed E-state index contributed by atoms with van der Waals surface area (Å²) in [5.74, 6) is -0.689. The van der Waals surface area contributed by atoms with Crippen LogP contribution in [0.15, 0.2) is 48.5 Å². The molecule has 5 nitrogen and oxygen atoms in total. The van der Waals surface area contributed by atoms with Crippen molar-refractivity contribution in [3.05, 3.63) is 59.7 Å². The maximum Gasteiger partial charge on any atom is 0.274 e. The summed E-state index contributed by atoms with van der Waals surface area (Å²) in [7, 11) is 0. The van der Waals surface area contributed by atoms with E-state index in [1.165, 1.54) is 0 Å².